The molecule has 168 valence electrons. The summed E-state index contributed by atoms with van der Waals surface area (Å²) < 4.78 is 10.5. The van der Waals surface area contributed by atoms with E-state index in [0.717, 1.165) is 11.4 Å². The lowest BCUT2D eigenvalue weighted by Crippen LogP contribution is -2.32. The molecule has 0 saturated heterocycles. The first-order valence-corrected chi connectivity index (χ1v) is 10.1. The van der Waals surface area contributed by atoms with Crippen LogP contribution in [-0.2, 0) is 0 Å². The van der Waals surface area contributed by atoms with Crippen LogP contribution in [0.25, 0.3) is 0 Å². The van der Waals surface area contributed by atoms with Crippen LogP contribution < -0.4 is 30.3 Å². The molecule has 0 aliphatic heterocycles. The SMILES string of the molecule is CNc1ccc(Nc2cc(N(C)C(=O)Nc3c(Cl)c(OC)cc(OC)c3Cl)ncn2)cc1. The van der Waals surface area contributed by atoms with Crippen LogP contribution in [0.1, 0.15) is 0 Å². The highest BCUT2D eigenvalue weighted by Gasteiger charge is 2.21. The molecule has 2 aromatic carbocycles. The topological polar surface area (TPSA) is 101 Å². The summed E-state index contributed by atoms with van der Waals surface area (Å²) >= 11 is 12.7. The summed E-state index contributed by atoms with van der Waals surface area (Å²) in [5, 5.41) is 9.21. The average Bonchev–Trinajstić information content (AvgIpc) is 2.82. The number of nitrogens with one attached hydrogen (secondary N) is 3. The van der Waals surface area contributed by atoms with Gasteiger partial charge in [0, 0.05) is 37.6 Å². The second-order valence-corrected chi connectivity index (χ2v) is 7.24. The van der Waals surface area contributed by atoms with Crippen molar-refractivity contribution in [3.63, 3.8) is 0 Å². The van der Waals surface area contributed by atoms with Gasteiger partial charge in [0.2, 0.25) is 0 Å². The first-order valence-electron chi connectivity index (χ1n) is 9.39. The Morgan fingerprint density at radius 2 is 1.56 bits per heavy atom. The number of amides is 2. The van der Waals surface area contributed by atoms with Gasteiger partial charge in [-0.1, -0.05) is 23.2 Å². The molecule has 0 aliphatic rings. The Balaban J connectivity index is 1.80. The van der Waals surface area contributed by atoms with E-state index in [9.17, 15) is 4.79 Å². The lowest BCUT2D eigenvalue weighted by molar-refractivity contribution is 0.258. The van der Waals surface area contributed by atoms with Crippen LogP contribution >= 0.6 is 23.2 Å². The van der Waals surface area contributed by atoms with Crippen molar-refractivity contribution in [3.05, 3.63) is 52.8 Å². The lowest BCUT2D eigenvalue weighted by Gasteiger charge is -2.20. The largest absolute Gasteiger partial charge is 0.495 e. The number of halogens is 2. The fourth-order valence-corrected chi connectivity index (χ4v) is 3.35. The third-order valence-corrected chi connectivity index (χ3v) is 5.30. The van der Waals surface area contributed by atoms with Crippen LogP contribution in [0.2, 0.25) is 10.0 Å². The summed E-state index contributed by atoms with van der Waals surface area (Å²) in [6.07, 6.45) is 1.36. The van der Waals surface area contributed by atoms with E-state index >= 15 is 0 Å². The zero-order valence-corrected chi connectivity index (χ0v) is 19.4. The fraction of sp³-hybridized carbons (Fsp3) is 0.190. The number of urea groups is 1. The number of rotatable bonds is 7. The Hall–Kier alpha value is -3.43. The van der Waals surface area contributed by atoms with Crippen LogP contribution in [-0.4, -0.2) is 44.3 Å². The predicted molar refractivity (Wildman–Crippen MR) is 128 cm³/mol. The monoisotopic (exact) mass is 476 g/mol. The summed E-state index contributed by atoms with van der Waals surface area (Å²) in [7, 11) is 6.31. The summed E-state index contributed by atoms with van der Waals surface area (Å²) in [6.45, 7) is 0. The van der Waals surface area contributed by atoms with Crippen molar-refractivity contribution in [2.24, 2.45) is 0 Å². The summed E-state index contributed by atoms with van der Waals surface area (Å²) in [5.74, 6) is 1.49. The molecule has 0 saturated carbocycles. The van der Waals surface area contributed by atoms with Gasteiger partial charge < -0.3 is 25.4 Å². The van der Waals surface area contributed by atoms with Crippen LogP contribution in [0.3, 0.4) is 0 Å². The smallest absolute Gasteiger partial charge is 0.327 e. The Morgan fingerprint density at radius 1 is 0.969 bits per heavy atom. The Labute approximate surface area is 195 Å². The number of aromatic nitrogens is 2. The van der Waals surface area contributed by atoms with Gasteiger partial charge in [0.25, 0.3) is 0 Å². The van der Waals surface area contributed by atoms with Gasteiger partial charge >= 0.3 is 6.03 Å². The van der Waals surface area contributed by atoms with E-state index in [1.54, 1.807) is 13.1 Å². The molecule has 0 unspecified atom stereocenters. The highest BCUT2D eigenvalue weighted by atomic mass is 35.5. The maximum atomic E-state index is 12.9. The number of methoxy groups -OCH3 is 2. The molecule has 0 atom stereocenters. The normalized spacial score (nSPS) is 10.3. The van der Waals surface area contributed by atoms with Crippen molar-refractivity contribution in [1.29, 1.82) is 0 Å². The van der Waals surface area contributed by atoms with Crippen molar-refractivity contribution >= 4 is 57.9 Å². The lowest BCUT2D eigenvalue weighted by atomic mass is 10.2. The minimum absolute atomic E-state index is 0.148. The number of hydrogen-bond acceptors (Lipinski definition) is 7. The number of carbonyl (C=O) groups is 1. The number of ether oxygens (including phenoxy) is 2. The second-order valence-electron chi connectivity index (χ2n) is 6.49. The van der Waals surface area contributed by atoms with Gasteiger partial charge in [-0.3, -0.25) is 4.90 Å². The molecular formula is C21H22Cl2N6O3. The molecule has 32 heavy (non-hydrogen) atoms. The Bertz CT molecular complexity index is 1080. The van der Waals surface area contributed by atoms with Gasteiger partial charge in [0.05, 0.1) is 19.9 Å². The van der Waals surface area contributed by atoms with Crippen LogP contribution in [0.15, 0.2) is 42.7 Å². The minimum atomic E-state index is -0.521. The molecule has 11 heteroatoms. The first-order chi connectivity index (χ1) is 15.4. The summed E-state index contributed by atoms with van der Waals surface area (Å²) in [5.41, 5.74) is 1.99. The van der Waals surface area contributed by atoms with Gasteiger partial charge in [-0.2, -0.15) is 0 Å². The van der Waals surface area contributed by atoms with E-state index in [1.165, 1.54) is 31.5 Å². The maximum Gasteiger partial charge on any atom is 0.327 e. The average molecular weight is 477 g/mol. The number of anilines is 5. The number of hydrogen-bond donors (Lipinski definition) is 3. The van der Waals surface area contributed by atoms with E-state index < -0.39 is 6.03 Å². The maximum absolute atomic E-state index is 12.9. The molecule has 3 rings (SSSR count). The number of nitrogens with zero attached hydrogens (tertiary/aromatic N) is 3. The van der Waals surface area contributed by atoms with Gasteiger partial charge in [-0.15, -0.1) is 0 Å². The highest BCUT2D eigenvalue weighted by Crippen LogP contribution is 2.44. The predicted octanol–water partition coefficient (Wildman–Crippen LogP) is 5.25. The molecule has 1 aromatic heterocycles. The quantitative estimate of drug-likeness (QED) is 0.427. The molecule has 3 N–H and O–H groups in total. The molecule has 0 fully saturated rings. The van der Waals surface area contributed by atoms with Gasteiger partial charge in [-0.05, 0) is 24.3 Å². The number of carbonyl (C=O) groups excluding carboxylic acids is 1. The Morgan fingerprint density at radius 3 is 2.12 bits per heavy atom. The zero-order chi connectivity index (χ0) is 23.3. The highest BCUT2D eigenvalue weighted by molar-refractivity contribution is 6.41. The molecular weight excluding hydrogens is 455 g/mol. The Kier molecular flexibility index (Phi) is 7.45. The van der Waals surface area contributed by atoms with E-state index in [0.29, 0.717) is 23.1 Å². The molecule has 0 bridgehead atoms. The van der Waals surface area contributed by atoms with Crippen molar-refractivity contribution in [1.82, 2.24) is 9.97 Å². The molecule has 0 radical (unpaired) electrons. The molecule has 3 aromatic rings. The van der Waals surface area contributed by atoms with Gasteiger partial charge in [0.15, 0.2) is 0 Å². The molecule has 2 amide bonds. The van der Waals surface area contributed by atoms with Crippen molar-refractivity contribution in [3.8, 4) is 11.5 Å². The number of benzene rings is 2. The van der Waals surface area contributed by atoms with E-state index in [2.05, 4.69) is 25.9 Å². The van der Waals surface area contributed by atoms with Gasteiger partial charge in [-0.25, -0.2) is 14.8 Å². The minimum Gasteiger partial charge on any atom is -0.495 e. The third-order valence-electron chi connectivity index (χ3n) is 4.55. The van der Waals surface area contributed by atoms with Crippen molar-refractivity contribution in [2.45, 2.75) is 0 Å². The molecule has 0 spiro atoms. The molecule has 0 aliphatic carbocycles. The van der Waals surface area contributed by atoms with Gasteiger partial charge in [0.1, 0.15) is 39.5 Å². The van der Waals surface area contributed by atoms with Crippen LogP contribution in [0, 0.1) is 0 Å². The summed E-state index contributed by atoms with van der Waals surface area (Å²) in [6, 6.07) is 10.3. The van der Waals surface area contributed by atoms with E-state index in [-0.39, 0.29) is 15.7 Å². The van der Waals surface area contributed by atoms with Crippen LogP contribution in [0.4, 0.5) is 33.5 Å². The van der Waals surface area contributed by atoms with E-state index in [1.807, 2.05) is 31.3 Å². The third kappa shape index (κ3) is 5.06. The molecule has 1 heterocycles. The zero-order valence-electron chi connectivity index (χ0n) is 17.9. The second kappa shape index (κ2) is 10.3. The van der Waals surface area contributed by atoms with Crippen molar-refractivity contribution < 1.29 is 14.3 Å². The fourth-order valence-electron chi connectivity index (χ4n) is 2.76. The first kappa shape index (κ1) is 23.2. The van der Waals surface area contributed by atoms with Crippen LogP contribution in [0.5, 0.6) is 11.5 Å². The van der Waals surface area contributed by atoms with E-state index in [4.69, 9.17) is 32.7 Å². The standard InChI is InChI=1S/C21H22Cl2N6O3/c1-24-12-5-7-13(8-6-12)27-16-10-17(26-11-25-16)29(2)21(30)28-20-18(22)14(31-3)9-15(32-4)19(20)23/h5-11,24H,1-4H3,(H,28,30)(H,25,26,27). The molecule has 9 nitrogen and oxygen atoms in total. The van der Waals surface area contributed by atoms with Crippen molar-refractivity contribution in [2.75, 3.05) is 49.2 Å². The summed E-state index contributed by atoms with van der Waals surface area (Å²) in [4.78, 5) is 22.6.